The third-order valence-corrected chi connectivity index (χ3v) is 4.03. The van der Waals surface area contributed by atoms with Gasteiger partial charge in [0.25, 0.3) is 0 Å². The highest BCUT2D eigenvalue weighted by Gasteiger charge is 2.21. The van der Waals surface area contributed by atoms with Crippen LogP contribution in [0.4, 0.5) is 5.69 Å². The van der Waals surface area contributed by atoms with Crippen molar-refractivity contribution in [2.75, 3.05) is 31.1 Å². The van der Waals surface area contributed by atoms with Crippen LogP contribution in [0, 0.1) is 0 Å². The van der Waals surface area contributed by atoms with Gasteiger partial charge in [-0.2, -0.15) is 0 Å². The van der Waals surface area contributed by atoms with Gasteiger partial charge in [-0.25, -0.2) is 0 Å². The fourth-order valence-electron chi connectivity index (χ4n) is 2.74. The first-order chi connectivity index (χ1) is 9.74. The van der Waals surface area contributed by atoms with Crippen molar-refractivity contribution >= 4 is 17.3 Å². The van der Waals surface area contributed by atoms with E-state index < -0.39 is 0 Å². The van der Waals surface area contributed by atoms with E-state index in [2.05, 4.69) is 36.2 Å². The molecule has 1 aromatic carbocycles. The number of rotatable bonds is 6. The standard InChI is InChI=1S/C16H25ClN2O/c1-3-18-12-13-5-6-14(17)11-16(13)19-9-7-15(8-10-19)20-4-2/h5-6,11,15,18H,3-4,7-10,12H2,1-2H3. The quantitative estimate of drug-likeness (QED) is 0.870. The molecule has 4 heteroatoms. The smallest absolute Gasteiger partial charge is 0.0608 e. The van der Waals surface area contributed by atoms with Crippen molar-refractivity contribution in [1.29, 1.82) is 0 Å². The summed E-state index contributed by atoms with van der Waals surface area (Å²) in [5.74, 6) is 0. The molecule has 0 radical (unpaired) electrons. The van der Waals surface area contributed by atoms with E-state index in [-0.39, 0.29) is 0 Å². The van der Waals surface area contributed by atoms with Crippen molar-refractivity contribution in [3.05, 3.63) is 28.8 Å². The minimum atomic E-state index is 0.424. The van der Waals surface area contributed by atoms with Gasteiger partial charge < -0.3 is 15.0 Å². The number of halogens is 1. The predicted octanol–water partition coefficient (Wildman–Crippen LogP) is 3.45. The molecule has 3 nitrogen and oxygen atoms in total. The lowest BCUT2D eigenvalue weighted by Crippen LogP contribution is -2.37. The largest absolute Gasteiger partial charge is 0.378 e. The Morgan fingerprint density at radius 3 is 2.70 bits per heavy atom. The zero-order valence-corrected chi connectivity index (χ0v) is 13.2. The lowest BCUT2D eigenvalue weighted by molar-refractivity contribution is 0.0459. The lowest BCUT2D eigenvalue weighted by atomic mass is 10.0. The summed E-state index contributed by atoms with van der Waals surface area (Å²) in [6.07, 6.45) is 2.62. The van der Waals surface area contributed by atoms with E-state index in [0.29, 0.717) is 6.10 Å². The Balaban J connectivity index is 2.05. The summed E-state index contributed by atoms with van der Waals surface area (Å²) in [4.78, 5) is 2.44. The Morgan fingerprint density at radius 1 is 1.30 bits per heavy atom. The van der Waals surface area contributed by atoms with Crippen molar-refractivity contribution in [1.82, 2.24) is 5.32 Å². The van der Waals surface area contributed by atoms with Crippen molar-refractivity contribution in [2.45, 2.75) is 39.3 Å². The van der Waals surface area contributed by atoms with Crippen molar-refractivity contribution in [2.24, 2.45) is 0 Å². The topological polar surface area (TPSA) is 24.5 Å². The van der Waals surface area contributed by atoms with Gasteiger partial charge in [0.15, 0.2) is 0 Å². The van der Waals surface area contributed by atoms with Gasteiger partial charge >= 0.3 is 0 Å². The Labute approximate surface area is 127 Å². The van der Waals surface area contributed by atoms with Crippen molar-refractivity contribution in [3.63, 3.8) is 0 Å². The SMILES string of the molecule is CCNCc1ccc(Cl)cc1N1CCC(OCC)CC1. The molecule has 1 N–H and O–H groups in total. The second kappa shape index (κ2) is 7.87. The van der Waals surface area contributed by atoms with E-state index in [9.17, 15) is 0 Å². The molecule has 0 atom stereocenters. The summed E-state index contributed by atoms with van der Waals surface area (Å²) in [5, 5.41) is 4.21. The Hall–Kier alpha value is -0.770. The van der Waals surface area contributed by atoms with Crippen LogP contribution >= 0.6 is 11.6 Å². The number of nitrogens with zero attached hydrogens (tertiary/aromatic N) is 1. The van der Waals surface area contributed by atoms with Crippen LogP contribution < -0.4 is 10.2 Å². The van der Waals surface area contributed by atoms with Crippen molar-refractivity contribution in [3.8, 4) is 0 Å². The Bertz CT molecular complexity index is 417. The summed E-state index contributed by atoms with van der Waals surface area (Å²) in [6.45, 7) is 8.98. The van der Waals surface area contributed by atoms with Crippen LogP contribution in [0.1, 0.15) is 32.3 Å². The maximum Gasteiger partial charge on any atom is 0.0608 e. The van der Waals surface area contributed by atoms with E-state index in [1.54, 1.807) is 0 Å². The average molecular weight is 297 g/mol. The first kappa shape index (κ1) is 15.6. The van der Waals surface area contributed by atoms with Gasteiger partial charge in [-0.05, 0) is 44.0 Å². The fraction of sp³-hybridized carbons (Fsp3) is 0.625. The Morgan fingerprint density at radius 2 is 2.05 bits per heavy atom. The molecule has 0 unspecified atom stereocenters. The molecule has 1 saturated heterocycles. The van der Waals surface area contributed by atoms with E-state index >= 15 is 0 Å². The molecule has 1 fully saturated rings. The second-order valence-electron chi connectivity index (χ2n) is 5.20. The molecule has 0 amide bonds. The molecule has 0 aromatic heterocycles. The summed E-state index contributed by atoms with van der Waals surface area (Å²) < 4.78 is 5.72. The summed E-state index contributed by atoms with van der Waals surface area (Å²) >= 11 is 6.18. The molecular formula is C16H25ClN2O. The van der Waals surface area contributed by atoms with E-state index in [0.717, 1.165) is 50.7 Å². The highest BCUT2D eigenvalue weighted by molar-refractivity contribution is 6.30. The van der Waals surface area contributed by atoms with E-state index in [1.165, 1.54) is 11.3 Å². The molecule has 112 valence electrons. The molecule has 1 aromatic rings. The third kappa shape index (κ3) is 4.11. The molecule has 1 heterocycles. The molecule has 1 aliphatic rings. The monoisotopic (exact) mass is 296 g/mol. The highest BCUT2D eigenvalue weighted by atomic mass is 35.5. The van der Waals surface area contributed by atoms with Crippen LogP contribution in [-0.4, -0.2) is 32.3 Å². The molecule has 1 aliphatic heterocycles. The fourth-order valence-corrected chi connectivity index (χ4v) is 2.91. The summed E-state index contributed by atoms with van der Waals surface area (Å²) in [5.41, 5.74) is 2.60. The maximum atomic E-state index is 6.18. The van der Waals surface area contributed by atoms with Gasteiger partial charge in [-0.15, -0.1) is 0 Å². The normalized spacial score (nSPS) is 16.6. The third-order valence-electron chi connectivity index (χ3n) is 3.80. The molecule has 0 saturated carbocycles. The van der Waals surface area contributed by atoms with Crippen LogP contribution in [0.2, 0.25) is 5.02 Å². The zero-order chi connectivity index (χ0) is 14.4. The zero-order valence-electron chi connectivity index (χ0n) is 12.5. The number of anilines is 1. The van der Waals surface area contributed by atoms with Crippen LogP contribution in [0.15, 0.2) is 18.2 Å². The molecule has 0 bridgehead atoms. The van der Waals surface area contributed by atoms with Crippen LogP contribution in [0.25, 0.3) is 0 Å². The molecule has 0 spiro atoms. The molecule has 0 aliphatic carbocycles. The molecular weight excluding hydrogens is 272 g/mol. The summed E-state index contributed by atoms with van der Waals surface area (Å²) in [6, 6.07) is 6.20. The lowest BCUT2D eigenvalue weighted by Gasteiger charge is -2.34. The number of ether oxygens (including phenoxy) is 1. The van der Waals surface area contributed by atoms with E-state index in [1.807, 2.05) is 6.07 Å². The second-order valence-corrected chi connectivity index (χ2v) is 5.63. The molecule has 20 heavy (non-hydrogen) atoms. The number of hydrogen-bond donors (Lipinski definition) is 1. The van der Waals surface area contributed by atoms with Gasteiger partial charge in [0.1, 0.15) is 0 Å². The number of nitrogens with one attached hydrogen (secondary N) is 1. The van der Waals surface area contributed by atoms with Crippen molar-refractivity contribution < 1.29 is 4.74 Å². The minimum Gasteiger partial charge on any atom is -0.378 e. The van der Waals surface area contributed by atoms with Crippen LogP contribution in [0.5, 0.6) is 0 Å². The predicted molar refractivity (Wildman–Crippen MR) is 85.7 cm³/mol. The number of benzene rings is 1. The highest BCUT2D eigenvalue weighted by Crippen LogP contribution is 2.28. The van der Waals surface area contributed by atoms with Gasteiger partial charge in [0.05, 0.1) is 6.10 Å². The summed E-state index contributed by atoms with van der Waals surface area (Å²) in [7, 11) is 0. The van der Waals surface area contributed by atoms with Gasteiger partial charge in [-0.3, -0.25) is 0 Å². The first-order valence-corrected chi connectivity index (χ1v) is 7.98. The maximum absolute atomic E-state index is 6.18. The number of hydrogen-bond acceptors (Lipinski definition) is 3. The minimum absolute atomic E-state index is 0.424. The average Bonchev–Trinajstić information content (AvgIpc) is 2.47. The van der Waals surface area contributed by atoms with Gasteiger partial charge in [-0.1, -0.05) is 24.6 Å². The van der Waals surface area contributed by atoms with Crippen LogP contribution in [0.3, 0.4) is 0 Å². The number of piperidine rings is 1. The van der Waals surface area contributed by atoms with E-state index in [4.69, 9.17) is 16.3 Å². The van der Waals surface area contributed by atoms with Gasteiger partial charge in [0.2, 0.25) is 0 Å². The first-order valence-electron chi connectivity index (χ1n) is 7.60. The Kier molecular flexibility index (Phi) is 6.14. The molecule has 2 rings (SSSR count). The van der Waals surface area contributed by atoms with Gasteiger partial charge in [0, 0.05) is 37.0 Å². The van der Waals surface area contributed by atoms with Crippen LogP contribution in [-0.2, 0) is 11.3 Å².